The van der Waals surface area contributed by atoms with E-state index < -0.39 is 11.9 Å². The van der Waals surface area contributed by atoms with Crippen LogP contribution in [-0.4, -0.2) is 22.2 Å². The van der Waals surface area contributed by atoms with Crippen LogP contribution in [-0.2, 0) is 29.1 Å². The van der Waals surface area contributed by atoms with Gasteiger partial charge in [0.1, 0.15) is 0 Å². The van der Waals surface area contributed by atoms with E-state index in [4.69, 9.17) is 10.2 Å². The van der Waals surface area contributed by atoms with Crippen molar-refractivity contribution in [2.75, 3.05) is 0 Å². The summed E-state index contributed by atoms with van der Waals surface area (Å²) < 4.78 is 0. The van der Waals surface area contributed by atoms with Crippen LogP contribution in [0.5, 0.6) is 0 Å². The van der Waals surface area contributed by atoms with Gasteiger partial charge in [0, 0.05) is 31.6 Å². The molecule has 0 aromatic carbocycles. The van der Waals surface area contributed by atoms with Crippen LogP contribution in [0, 0.1) is 0 Å². The largest absolute Gasteiger partial charge is 0.478 e. The van der Waals surface area contributed by atoms with Crippen LogP contribution in [0.15, 0.2) is 12.2 Å². The Bertz CT molecular complexity index is 124. The number of carboxylic acids is 2. The van der Waals surface area contributed by atoms with Crippen molar-refractivity contribution in [3.05, 3.63) is 12.2 Å². The number of aliphatic carboxylic acids is 2. The molecule has 0 atom stereocenters. The van der Waals surface area contributed by atoms with Gasteiger partial charge in [-0.3, -0.25) is 0 Å². The van der Waals surface area contributed by atoms with Gasteiger partial charge in [0.25, 0.3) is 0 Å². The van der Waals surface area contributed by atoms with Gasteiger partial charge in [0.2, 0.25) is 0 Å². The fraction of sp³-hybridized carbons (Fsp3) is 0. The van der Waals surface area contributed by atoms with Crippen molar-refractivity contribution >= 4 is 11.9 Å². The first-order valence-corrected chi connectivity index (χ1v) is 1.77. The monoisotopic (exact) mass is 218 g/mol. The summed E-state index contributed by atoms with van der Waals surface area (Å²) in [5, 5.41) is 15.6. The molecular formula is C4H4O4Ru. The van der Waals surface area contributed by atoms with Crippen LogP contribution in [0.3, 0.4) is 0 Å². The predicted molar refractivity (Wildman–Crippen MR) is 24.4 cm³/mol. The Morgan fingerprint density at radius 2 is 1.22 bits per heavy atom. The molecule has 0 aliphatic heterocycles. The van der Waals surface area contributed by atoms with Crippen molar-refractivity contribution < 1.29 is 39.3 Å². The molecule has 5 heteroatoms. The summed E-state index contributed by atoms with van der Waals surface area (Å²) in [6.45, 7) is 0. The third kappa shape index (κ3) is 11.1. The molecule has 0 saturated heterocycles. The average Bonchev–Trinajstić information content (AvgIpc) is 1.61. The molecule has 0 fully saturated rings. The molecule has 0 radical (unpaired) electrons. The summed E-state index contributed by atoms with van der Waals surface area (Å²) in [7, 11) is 0. The molecule has 0 aromatic heterocycles. The molecule has 0 bridgehead atoms. The minimum atomic E-state index is -1.26. The zero-order valence-corrected chi connectivity index (χ0v) is 5.96. The normalized spacial score (nSPS) is 8.44. The van der Waals surface area contributed by atoms with E-state index in [0.717, 1.165) is 0 Å². The number of carboxylic acid groups (broad SMARTS) is 2. The SMILES string of the molecule is O=C(O)/C=C/C(=O)O.[Ru]. The van der Waals surface area contributed by atoms with Gasteiger partial charge in [-0.15, -0.1) is 0 Å². The smallest absolute Gasteiger partial charge is 0.328 e. The number of carbonyl (C=O) groups is 2. The van der Waals surface area contributed by atoms with Crippen LogP contribution in [0.2, 0.25) is 0 Å². The Morgan fingerprint density at radius 3 is 1.33 bits per heavy atom. The van der Waals surface area contributed by atoms with Crippen molar-refractivity contribution in [3.63, 3.8) is 0 Å². The van der Waals surface area contributed by atoms with Gasteiger partial charge >= 0.3 is 11.9 Å². The second kappa shape index (κ2) is 5.44. The van der Waals surface area contributed by atoms with Gasteiger partial charge in [-0.2, -0.15) is 0 Å². The summed E-state index contributed by atoms with van der Waals surface area (Å²) in [6.07, 6.45) is 1.12. The van der Waals surface area contributed by atoms with Crippen molar-refractivity contribution in [1.29, 1.82) is 0 Å². The molecule has 0 heterocycles. The Kier molecular flexibility index (Phi) is 6.74. The maximum Gasteiger partial charge on any atom is 0.328 e. The van der Waals surface area contributed by atoms with Crippen LogP contribution in [0.4, 0.5) is 0 Å². The van der Waals surface area contributed by atoms with Crippen LogP contribution in [0.1, 0.15) is 0 Å². The first-order valence-electron chi connectivity index (χ1n) is 1.77. The van der Waals surface area contributed by atoms with Crippen molar-refractivity contribution in [2.24, 2.45) is 0 Å². The van der Waals surface area contributed by atoms with E-state index in [1.54, 1.807) is 0 Å². The first kappa shape index (κ1) is 11.1. The van der Waals surface area contributed by atoms with Crippen molar-refractivity contribution in [1.82, 2.24) is 0 Å². The Morgan fingerprint density at radius 1 is 1.00 bits per heavy atom. The van der Waals surface area contributed by atoms with Gasteiger partial charge in [0.05, 0.1) is 0 Å². The second-order valence-electron chi connectivity index (χ2n) is 1.01. The summed E-state index contributed by atoms with van der Waals surface area (Å²) in [5.74, 6) is -2.51. The van der Waals surface area contributed by atoms with E-state index >= 15 is 0 Å². The molecule has 0 unspecified atom stereocenters. The molecule has 0 aliphatic carbocycles. The molecule has 0 aromatic rings. The molecule has 2 N–H and O–H groups in total. The number of rotatable bonds is 2. The van der Waals surface area contributed by atoms with E-state index in [-0.39, 0.29) is 19.5 Å². The fourth-order valence-electron chi connectivity index (χ4n) is 0.143. The predicted octanol–water partition coefficient (Wildman–Crippen LogP) is -0.291. The molecule has 0 rings (SSSR count). The number of hydrogen-bond donors (Lipinski definition) is 2. The zero-order chi connectivity index (χ0) is 6.57. The maximum absolute atomic E-state index is 9.55. The third-order valence-corrected chi connectivity index (χ3v) is 0.368. The molecule has 0 amide bonds. The van der Waals surface area contributed by atoms with Gasteiger partial charge in [-0.05, 0) is 0 Å². The van der Waals surface area contributed by atoms with Crippen molar-refractivity contribution in [2.45, 2.75) is 0 Å². The molecule has 0 aliphatic rings. The van der Waals surface area contributed by atoms with E-state index in [1.165, 1.54) is 0 Å². The average molecular weight is 217 g/mol. The maximum atomic E-state index is 9.55. The molecule has 9 heavy (non-hydrogen) atoms. The van der Waals surface area contributed by atoms with Gasteiger partial charge in [-0.1, -0.05) is 0 Å². The molecular weight excluding hydrogens is 213 g/mol. The summed E-state index contributed by atoms with van der Waals surface area (Å²) in [5.41, 5.74) is 0. The second-order valence-corrected chi connectivity index (χ2v) is 1.01. The van der Waals surface area contributed by atoms with Gasteiger partial charge in [-0.25, -0.2) is 9.59 Å². The topological polar surface area (TPSA) is 74.6 Å². The van der Waals surface area contributed by atoms with Crippen molar-refractivity contribution in [3.8, 4) is 0 Å². The molecule has 0 saturated carbocycles. The quantitative estimate of drug-likeness (QED) is 0.492. The summed E-state index contributed by atoms with van der Waals surface area (Å²) in [4.78, 5) is 19.1. The van der Waals surface area contributed by atoms with Gasteiger partial charge in [0.15, 0.2) is 0 Å². The molecule has 0 spiro atoms. The Hall–Kier alpha value is -0.697. The van der Waals surface area contributed by atoms with E-state index in [9.17, 15) is 9.59 Å². The minimum absolute atomic E-state index is 0. The van der Waals surface area contributed by atoms with Crippen LogP contribution < -0.4 is 0 Å². The molecule has 52 valence electrons. The summed E-state index contributed by atoms with van der Waals surface area (Å²) >= 11 is 0. The van der Waals surface area contributed by atoms with E-state index in [0.29, 0.717) is 12.2 Å². The minimum Gasteiger partial charge on any atom is -0.478 e. The van der Waals surface area contributed by atoms with Crippen LogP contribution >= 0.6 is 0 Å². The molecule has 4 nitrogen and oxygen atoms in total. The van der Waals surface area contributed by atoms with Gasteiger partial charge < -0.3 is 10.2 Å². The third-order valence-electron chi connectivity index (χ3n) is 0.368. The summed E-state index contributed by atoms with van der Waals surface area (Å²) in [6, 6.07) is 0. The zero-order valence-electron chi connectivity index (χ0n) is 4.22. The first-order chi connectivity index (χ1) is 3.63. The van der Waals surface area contributed by atoms with Crippen LogP contribution in [0.25, 0.3) is 0 Å². The van der Waals surface area contributed by atoms with E-state index in [2.05, 4.69) is 0 Å². The Labute approximate surface area is 63.9 Å². The Balaban J connectivity index is 0. The fourth-order valence-corrected chi connectivity index (χ4v) is 0.143. The number of hydrogen-bond acceptors (Lipinski definition) is 2. The van der Waals surface area contributed by atoms with E-state index in [1.807, 2.05) is 0 Å². The standard InChI is InChI=1S/C4H4O4.Ru/c5-3(6)1-2-4(7)8;/h1-2H,(H,5,6)(H,7,8);/b2-1+;.